The zero-order chi connectivity index (χ0) is 13.5. The Kier molecular flexibility index (Phi) is 5.53. The summed E-state index contributed by atoms with van der Waals surface area (Å²) >= 11 is 0. The fourth-order valence-corrected chi connectivity index (χ4v) is 1.91. The first-order valence-electron chi connectivity index (χ1n) is 6.16. The summed E-state index contributed by atoms with van der Waals surface area (Å²) in [5.74, 6) is 1.16. The molecule has 0 amide bonds. The van der Waals surface area contributed by atoms with Gasteiger partial charge >= 0.3 is 0 Å². The Hall–Kier alpha value is -1.67. The van der Waals surface area contributed by atoms with Crippen LogP contribution in [0.3, 0.4) is 0 Å². The molecule has 1 rings (SSSR count). The van der Waals surface area contributed by atoms with Crippen molar-refractivity contribution in [2.75, 3.05) is 26.0 Å². The number of hydrogen-bond acceptors (Lipinski definition) is 5. The number of hydrogen-bond donors (Lipinski definition) is 1. The van der Waals surface area contributed by atoms with E-state index in [9.17, 15) is 0 Å². The highest BCUT2D eigenvalue weighted by molar-refractivity contribution is 5.50. The van der Waals surface area contributed by atoms with E-state index in [1.54, 1.807) is 6.07 Å². The molecule has 98 valence electrons. The molecule has 5 heteroatoms. The summed E-state index contributed by atoms with van der Waals surface area (Å²) in [7, 11) is 4.08. The van der Waals surface area contributed by atoms with Gasteiger partial charge in [0.2, 0.25) is 0 Å². The second-order valence-electron chi connectivity index (χ2n) is 5.14. The van der Waals surface area contributed by atoms with Crippen molar-refractivity contribution >= 4 is 5.82 Å². The molecule has 0 aliphatic rings. The average Bonchev–Trinajstić information content (AvgIpc) is 2.27. The van der Waals surface area contributed by atoms with E-state index in [1.165, 1.54) is 6.20 Å². The van der Waals surface area contributed by atoms with Gasteiger partial charge in [0, 0.05) is 12.6 Å². The van der Waals surface area contributed by atoms with Crippen LogP contribution < -0.4 is 5.32 Å². The second kappa shape index (κ2) is 6.92. The van der Waals surface area contributed by atoms with Crippen molar-refractivity contribution in [1.29, 1.82) is 5.26 Å². The predicted octanol–water partition coefficient (Wildman–Crippen LogP) is 1.74. The molecule has 1 aromatic heterocycles. The van der Waals surface area contributed by atoms with Gasteiger partial charge in [-0.15, -0.1) is 5.10 Å². The van der Waals surface area contributed by atoms with E-state index in [0.717, 1.165) is 13.0 Å². The Morgan fingerprint density at radius 1 is 1.44 bits per heavy atom. The molecule has 1 unspecified atom stereocenters. The zero-order valence-corrected chi connectivity index (χ0v) is 11.5. The Balaban J connectivity index is 2.79. The van der Waals surface area contributed by atoms with E-state index in [2.05, 4.69) is 40.3 Å². The van der Waals surface area contributed by atoms with E-state index < -0.39 is 0 Å². The summed E-state index contributed by atoms with van der Waals surface area (Å²) in [6.45, 7) is 5.28. The fraction of sp³-hybridized carbons (Fsp3) is 0.615. The van der Waals surface area contributed by atoms with E-state index in [0.29, 0.717) is 17.3 Å². The van der Waals surface area contributed by atoms with Crippen molar-refractivity contribution in [1.82, 2.24) is 15.1 Å². The van der Waals surface area contributed by atoms with Gasteiger partial charge in [-0.2, -0.15) is 10.4 Å². The smallest absolute Gasteiger partial charge is 0.166 e. The minimum absolute atomic E-state index is 0.267. The van der Waals surface area contributed by atoms with Crippen molar-refractivity contribution in [3.8, 4) is 6.07 Å². The van der Waals surface area contributed by atoms with Crippen molar-refractivity contribution in [2.45, 2.75) is 26.3 Å². The SMILES string of the molecule is CC(C)CC(CN(C)C)Nc1nnccc1C#N. The molecule has 0 radical (unpaired) electrons. The molecule has 0 saturated carbocycles. The first-order chi connectivity index (χ1) is 8.52. The molecular formula is C13H21N5. The summed E-state index contributed by atoms with van der Waals surface area (Å²) in [4.78, 5) is 2.13. The van der Waals surface area contributed by atoms with Gasteiger partial charge in [0.15, 0.2) is 5.82 Å². The molecule has 0 saturated heterocycles. The molecular weight excluding hydrogens is 226 g/mol. The first kappa shape index (κ1) is 14.4. The molecule has 0 fully saturated rings. The highest BCUT2D eigenvalue weighted by atomic mass is 15.2. The molecule has 0 aliphatic heterocycles. The van der Waals surface area contributed by atoms with E-state index >= 15 is 0 Å². The van der Waals surface area contributed by atoms with Crippen LogP contribution >= 0.6 is 0 Å². The van der Waals surface area contributed by atoms with Gasteiger partial charge in [0.05, 0.1) is 11.8 Å². The molecule has 1 aromatic rings. The number of nitrogens with zero attached hydrogens (tertiary/aromatic N) is 4. The minimum atomic E-state index is 0.267. The third kappa shape index (κ3) is 4.68. The maximum absolute atomic E-state index is 9.03. The summed E-state index contributed by atoms with van der Waals surface area (Å²) in [5, 5.41) is 20.2. The number of rotatable bonds is 6. The van der Waals surface area contributed by atoms with Crippen molar-refractivity contribution in [3.05, 3.63) is 17.8 Å². The van der Waals surface area contributed by atoms with E-state index in [-0.39, 0.29) is 6.04 Å². The molecule has 0 aromatic carbocycles. The zero-order valence-electron chi connectivity index (χ0n) is 11.5. The summed E-state index contributed by atoms with van der Waals surface area (Å²) in [6.07, 6.45) is 2.56. The third-order valence-corrected chi connectivity index (χ3v) is 2.52. The maximum atomic E-state index is 9.03. The number of aromatic nitrogens is 2. The lowest BCUT2D eigenvalue weighted by Gasteiger charge is -2.24. The van der Waals surface area contributed by atoms with Gasteiger partial charge in [0.1, 0.15) is 6.07 Å². The highest BCUT2D eigenvalue weighted by Gasteiger charge is 2.14. The third-order valence-electron chi connectivity index (χ3n) is 2.52. The first-order valence-corrected chi connectivity index (χ1v) is 6.16. The van der Waals surface area contributed by atoms with Crippen LogP contribution in [0.4, 0.5) is 5.82 Å². The standard InChI is InChI=1S/C13H21N5/c1-10(2)7-12(9-18(3)4)16-13-11(8-14)5-6-15-17-13/h5-6,10,12H,7,9H2,1-4H3,(H,16,17). The van der Waals surface area contributed by atoms with E-state index in [4.69, 9.17) is 5.26 Å². The molecule has 0 aliphatic carbocycles. The molecule has 1 atom stereocenters. The van der Waals surface area contributed by atoms with Crippen LogP contribution in [-0.4, -0.2) is 41.8 Å². The van der Waals surface area contributed by atoms with Crippen LogP contribution in [0.1, 0.15) is 25.8 Å². The van der Waals surface area contributed by atoms with Gasteiger partial charge in [-0.3, -0.25) is 0 Å². The maximum Gasteiger partial charge on any atom is 0.166 e. The van der Waals surface area contributed by atoms with Crippen LogP contribution in [0.2, 0.25) is 0 Å². The second-order valence-corrected chi connectivity index (χ2v) is 5.14. The van der Waals surface area contributed by atoms with Gasteiger partial charge in [-0.1, -0.05) is 13.8 Å². The van der Waals surface area contributed by atoms with Gasteiger partial charge in [-0.25, -0.2) is 0 Å². The molecule has 0 bridgehead atoms. The van der Waals surface area contributed by atoms with Crippen molar-refractivity contribution < 1.29 is 0 Å². The Labute approximate surface area is 109 Å². The Morgan fingerprint density at radius 2 is 2.17 bits per heavy atom. The quantitative estimate of drug-likeness (QED) is 0.829. The van der Waals surface area contributed by atoms with Crippen LogP contribution in [0.5, 0.6) is 0 Å². The van der Waals surface area contributed by atoms with Crippen molar-refractivity contribution in [2.24, 2.45) is 5.92 Å². The van der Waals surface area contributed by atoms with Crippen LogP contribution in [0, 0.1) is 17.2 Å². The predicted molar refractivity (Wildman–Crippen MR) is 72.2 cm³/mol. The molecule has 5 nitrogen and oxygen atoms in total. The Bertz CT molecular complexity index is 398. The number of likely N-dealkylation sites (N-methyl/N-ethyl adjacent to an activating group) is 1. The van der Waals surface area contributed by atoms with Crippen LogP contribution in [0.15, 0.2) is 12.3 Å². The summed E-state index contributed by atoms with van der Waals surface area (Å²) in [5.41, 5.74) is 0.539. The molecule has 1 N–H and O–H groups in total. The van der Waals surface area contributed by atoms with E-state index in [1.807, 2.05) is 14.1 Å². The molecule has 0 spiro atoms. The fourth-order valence-electron chi connectivity index (χ4n) is 1.91. The highest BCUT2D eigenvalue weighted by Crippen LogP contribution is 2.14. The Morgan fingerprint density at radius 3 is 2.72 bits per heavy atom. The van der Waals surface area contributed by atoms with Gasteiger partial charge in [0.25, 0.3) is 0 Å². The minimum Gasteiger partial charge on any atom is -0.363 e. The molecule has 1 heterocycles. The average molecular weight is 247 g/mol. The lowest BCUT2D eigenvalue weighted by atomic mass is 10.0. The largest absolute Gasteiger partial charge is 0.363 e. The summed E-state index contributed by atoms with van der Waals surface area (Å²) < 4.78 is 0. The normalized spacial score (nSPS) is 12.5. The van der Waals surface area contributed by atoms with Crippen LogP contribution in [-0.2, 0) is 0 Å². The summed E-state index contributed by atoms with van der Waals surface area (Å²) in [6, 6.07) is 4.07. The van der Waals surface area contributed by atoms with Crippen LogP contribution in [0.25, 0.3) is 0 Å². The number of nitriles is 1. The van der Waals surface area contributed by atoms with Crippen molar-refractivity contribution in [3.63, 3.8) is 0 Å². The lowest BCUT2D eigenvalue weighted by Crippen LogP contribution is -2.34. The number of anilines is 1. The topological polar surface area (TPSA) is 64.8 Å². The number of nitrogens with one attached hydrogen (secondary N) is 1. The monoisotopic (exact) mass is 247 g/mol. The lowest BCUT2D eigenvalue weighted by molar-refractivity contribution is 0.356. The molecule has 18 heavy (non-hydrogen) atoms. The van der Waals surface area contributed by atoms with Gasteiger partial charge in [-0.05, 0) is 32.5 Å². The van der Waals surface area contributed by atoms with Gasteiger partial charge < -0.3 is 10.2 Å².